The summed E-state index contributed by atoms with van der Waals surface area (Å²) in [6, 6.07) is 0. The molecule has 0 rings (SSSR count). The number of rotatable bonds is 13. The Balaban J connectivity index is 5.98. The lowest BCUT2D eigenvalue weighted by Gasteiger charge is -2.42. The summed E-state index contributed by atoms with van der Waals surface area (Å²) in [4.78, 5) is 12.9. The predicted molar refractivity (Wildman–Crippen MR) is 92.7 cm³/mol. The van der Waals surface area contributed by atoms with Gasteiger partial charge in [0, 0.05) is 48.1 Å². The molecule has 0 atom stereocenters. The standard InChI is InChI=1S/C12H29NO7SSi2/c1-7-19-22(15-3,16-4)13(12(14)10-9-11-21)23(17-5,18-6)20-8-2/h21H,7-11H2,1-6H3. The summed E-state index contributed by atoms with van der Waals surface area (Å²) in [6.45, 7) is 4.18. The molecule has 0 spiro atoms. The van der Waals surface area contributed by atoms with E-state index in [0.717, 1.165) is 0 Å². The molecule has 0 bridgehead atoms. The molecule has 11 heteroatoms. The van der Waals surface area contributed by atoms with E-state index in [9.17, 15) is 4.79 Å². The zero-order chi connectivity index (χ0) is 17.9. The van der Waals surface area contributed by atoms with Crippen LogP contribution < -0.4 is 0 Å². The summed E-state index contributed by atoms with van der Waals surface area (Å²) in [5.41, 5.74) is 0. The van der Waals surface area contributed by atoms with Gasteiger partial charge in [-0.1, -0.05) is 0 Å². The first-order valence-electron chi connectivity index (χ1n) is 7.39. The highest BCUT2D eigenvalue weighted by Gasteiger charge is 2.65. The molecule has 0 N–H and O–H groups in total. The van der Waals surface area contributed by atoms with E-state index in [-0.39, 0.29) is 12.3 Å². The quantitative estimate of drug-likeness (QED) is 0.374. The van der Waals surface area contributed by atoms with Gasteiger partial charge in [0.15, 0.2) is 0 Å². The topological polar surface area (TPSA) is 75.7 Å². The molecule has 138 valence electrons. The molecule has 0 aliphatic rings. The van der Waals surface area contributed by atoms with E-state index < -0.39 is 17.9 Å². The van der Waals surface area contributed by atoms with Crippen molar-refractivity contribution in [2.24, 2.45) is 0 Å². The van der Waals surface area contributed by atoms with Crippen molar-refractivity contribution in [1.82, 2.24) is 4.23 Å². The van der Waals surface area contributed by atoms with Crippen LogP contribution in [0.5, 0.6) is 0 Å². The largest absolute Gasteiger partial charge is 0.632 e. The third-order valence-electron chi connectivity index (χ3n) is 3.03. The van der Waals surface area contributed by atoms with Gasteiger partial charge < -0.3 is 26.6 Å². The minimum atomic E-state index is -3.55. The first-order chi connectivity index (χ1) is 11.0. The third kappa shape index (κ3) is 5.51. The van der Waals surface area contributed by atoms with Gasteiger partial charge in [-0.2, -0.15) is 12.6 Å². The van der Waals surface area contributed by atoms with Crippen LogP contribution >= 0.6 is 12.6 Å². The second-order valence-electron chi connectivity index (χ2n) is 4.29. The Bertz CT molecular complexity index is 321. The molecule has 0 saturated carbocycles. The average molecular weight is 388 g/mol. The van der Waals surface area contributed by atoms with Crippen LogP contribution in [0.3, 0.4) is 0 Å². The summed E-state index contributed by atoms with van der Waals surface area (Å²) in [6.07, 6.45) is 0.819. The number of hydrogen-bond acceptors (Lipinski definition) is 8. The maximum Gasteiger partial charge on any atom is 0.632 e. The Kier molecular flexibility index (Phi) is 11.6. The van der Waals surface area contributed by atoms with Crippen molar-refractivity contribution < 1.29 is 31.4 Å². The van der Waals surface area contributed by atoms with E-state index in [1.165, 1.54) is 32.7 Å². The molecule has 0 saturated heterocycles. The van der Waals surface area contributed by atoms with Crippen LogP contribution in [0.25, 0.3) is 0 Å². The SMILES string of the molecule is CCO[Si](OC)(OC)N(C(=O)CCCS)[Si](OC)(OC)OCC. The number of nitrogens with zero attached hydrogens (tertiary/aromatic N) is 1. The van der Waals surface area contributed by atoms with E-state index in [4.69, 9.17) is 26.6 Å². The van der Waals surface area contributed by atoms with E-state index in [1.807, 2.05) is 0 Å². The maximum atomic E-state index is 12.9. The lowest BCUT2D eigenvalue weighted by atomic mass is 10.3. The van der Waals surface area contributed by atoms with Crippen molar-refractivity contribution in [3.63, 3.8) is 0 Å². The minimum Gasteiger partial charge on any atom is -0.360 e. The summed E-state index contributed by atoms with van der Waals surface area (Å²) in [7, 11) is -1.38. The second-order valence-corrected chi connectivity index (χ2v) is 10.4. The van der Waals surface area contributed by atoms with E-state index in [1.54, 1.807) is 13.8 Å². The first kappa shape index (κ1) is 23.0. The fourth-order valence-electron chi connectivity index (χ4n) is 2.08. The van der Waals surface area contributed by atoms with Gasteiger partial charge in [0.05, 0.1) is 0 Å². The van der Waals surface area contributed by atoms with Crippen LogP contribution in [-0.2, 0) is 31.4 Å². The molecule has 0 aliphatic carbocycles. The lowest BCUT2D eigenvalue weighted by molar-refractivity contribution is -0.131. The molecule has 0 fully saturated rings. The normalized spacial score (nSPS) is 12.5. The van der Waals surface area contributed by atoms with Crippen LogP contribution in [-0.4, -0.2) is 75.5 Å². The van der Waals surface area contributed by atoms with Crippen molar-refractivity contribution in [3.8, 4) is 0 Å². The first-order valence-corrected chi connectivity index (χ1v) is 11.4. The third-order valence-corrected chi connectivity index (χ3v) is 9.96. The zero-order valence-electron chi connectivity index (χ0n) is 14.8. The molecule has 0 radical (unpaired) electrons. The fraction of sp³-hybridized carbons (Fsp3) is 0.917. The highest BCUT2D eigenvalue weighted by Crippen LogP contribution is 2.26. The highest BCUT2D eigenvalue weighted by atomic mass is 32.1. The summed E-state index contributed by atoms with van der Waals surface area (Å²) in [5.74, 6) is 0.304. The van der Waals surface area contributed by atoms with Crippen molar-refractivity contribution in [2.75, 3.05) is 47.4 Å². The van der Waals surface area contributed by atoms with Crippen molar-refractivity contribution in [3.05, 3.63) is 0 Å². The minimum absolute atomic E-state index is 0.229. The van der Waals surface area contributed by atoms with Crippen LogP contribution in [0.15, 0.2) is 0 Å². The molecular formula is C12H29NO7SSi2. The van der Waals surface area contributed by atoms with Gasteiger partial charge in [-0.05, 0) is 26.0 Å². The number of hydrogen-bond donors (Lipinski definition) is 1. The van der Waals surface area contributed by atoms with E-state index in [0.29, 0.717) is 25.4 Å². The molecule has 0 aliphatic heterocycles. The molecule has 1 amide bonds. The summed E-state index contributed by atoms with van der Waals surface area (Å²) >= 11 is 4.15. The Morgan fingerprint density at radius 1 is 0.913 bits per heavy atom. The number of thiol groups is 1. The highest BCUT2D eigenvalue weighted by molar-refractivity contribution is 7.80. The van der Waals surface area contributed by atoms with Gasteiger partial charge in [0.2, 0.25) is 5.91 Å². The van der Waals surface area contributed by atoms with Crippen LogP contribution in [0.4, 0.5) is 0 Å². The van der Waals surface area contributed by atoms with Gasteiger partial charge in [-0.25, -0.2) is 0 Å². The molecule has 8 nitrogen and oxygen atoms in total. The lowest BCUT2D eigenvalue weighted by Crippen LogP contribution is -2.75. The van der Waals surface area contributed by atoms with Crippen LogP contribution in [0.1, 0.15) is 26.7 Å². The number of carbonyl (C=O) groups excluding carboxylic acids is 1. The van der Waals surface area contributed by atoms with Gasteiger partial charge >= 0.3 is 17.9 Å². The Labute approximate surface area is 146 Å². The van der Waals surface area contributed by atoms with Gasteiger partial charge in [0.1, 0.15) is 0 Å². The number of carbonyl (C=O) groups is 1. The summed E-state index contributed by atoms with van der Waals surface area (Å²) in [5, 5.41) is 0. The predicted octanol–water partition coefficient (Wildman–Crippen LogP) is 1.05. The van der Waals surface area contributed by atoms with Crippen molar-refractivity contribution >= 4 is 36.5 Å². The van der Waals surface area contributed by atoms with Crippen LogP contribution in [0, 0.1) is 0 Å². The molecular weight excluding hydrogens is 358 g/mol. The zero-order valence-corrected chi connectivity index (χ0v) is 17.7. The fourth-order valence-corrected chi connectivity index (χ4v) is 8.42. The van der Waals surface area contributed by atoms with E-state index in [2.05, 4.69) is 12.6 Å². The molecule has 0 aromatic carbocycles. The molecule has 23 heavy (non-hydrogen) atoms. The van der Waals surface area contributed by atoms with Crippen molar-refractivity contribution in [1.29, 1.82) is 0 Å². The number of amides is 1. The van der Waals surface area contributed by atoms with Gasteiger partial charge in [0.25, 0.3) is 0 Å². The van der Waals surface area contributed by atoms with Crippen molar-refractivity contribution in [2.45, 2.75) is 26.7 Å². The summed E-state index contributed by atoms with van der Waals surface area (Å²) < 4.78 is 34.8. The molecule has 0 heterocycles. The smallest absolute Gasteiger partial charge is 0.360 e. The molecule has 0 unspecified atom stereocenters. The Morgan fingerprint density at radius 3 is 1.57 bits per heavy atom. The van der Waals surface area contributed by atoms with E-state index >= 15 is 0 Å². The molecule has 0 aromatic heterocycles. The average Bonchev–Trinajstić information content (AvgIpc) is 2.58. The monoisotopic (exact) mass is 387 g/mol. The second kappa shape index (κ2) is 11.5. The maximum absolute atomic E-state index is 12.9. The Hall–Kier alpha value is 0.0138. The molecule has 0 aromatic rings. The van der Waals surface area contributed by atoms with Gasteiger partial charge in [-0.15, -0.1) is 0 Å². The van der Waals surface area contributed by atoms with Gasteiger partial charge in [-0.3, -0.25) is 9.03 Å². The Morgan fingerprint density at radius 2 is 1.30 bits per heavy atom. The van der Waals surface area contributed by atoms with Crippen LogP contribution in [0.2, 0.25) is 0 Å².